The molecule has 0 radical (unpaired) electrons. The van der Waals surface area contributed by atoms with E-state index < -0.39 is 38.0 Å². The van der Waals surface area contributed by atoms with Crippen LogP contribution in [0.5, 0.6) is 0 Å². The highest BCUT2D eigenvalue weighted by Gasteiger charge is 2.21. The zero-order valence-corrected chi connectivity index (χ0v) is 14.5. The lowest BCUT2D eigenvalue weighted by Gasteiger charge is -2.10. The van der Waals surface area contributed by atoms with Gasteiger partial charge < -0.3 is 0 Å². The molecule has 0 saturated heterocycles. The number of nitrogens with one attached hydrogen (secondary N) is 2. The molecule has 2 N–H and O–H groups in total. The Morgan fingerprint density at radius 2 is 1.67 bits per heavy atom. The van der Waals surface area contributed by atoms with Crippen molar-refractivity contribution in [2.45, 2.75) is 4.90 Å². The van der Waals surface area contributed by atoms with E-state index in [2.05, 4.69) is 4.98 Å². The molecule has 3 aromatic rings. The molecule has 0 saturated carbocycles. The van der Waals surface area contributed by atoms with Gasteiger partial charge >= 0.3 is 0 Å². The van der Waals surface area contributed by atoms with Gasteiger partial charge in [0.1, 0.15) is 16.5 Å². The maximum atomic E-state index is 14.0. The average Bonchev–Trinajstić information content (AvgIpc) is 2.67. The highest BCUT2D eigenvalue weighted by atomic mass is 32.2. The minimum Gasteiger partial charge on any atom is -0.273 e. The van der Waals surface area contributed by atoms with Crippen molar-refractivity contribution in [1.29, 1.82) is 0 Å². The zero-order valence-electron chi connectivity index (χ0n) is 13.7. The van der Waals surface area contributed by atoms with Gasteiger partial charge in [-0.15, -0.1) is 4.83 Å². The summed E-state index contributed by atoms with van der Waals surface area (Å²) < 4.78 is 51.8. The lowest BCUT2D eigenvalue weighted by Crippen LogP contribution is -2.42. The Morgan fingerprint density at radius 1 is 0.926 bits per heavy atom. The number of sulfonamides is 1. The van der Waals surface area contributed by atoms with Gasteiger partial charge in [-0.2, -0.15) is 0 Å². The molecule has 9 heteroatoms. The first kappa shape index (κ1) is 18.6. The third kappa shape index (κ3) is 4.15. The Labute approximate surface area is 153 Å². The smallest absolute Gasteiger partial charge is 0.269 e. The van der Waals surface area contributed by atoms with Gasteiger partial charge in [0, 0.05) is 11.8 Å². The number of hydrogen-bond donors (Lipinski definition) is 2. The van der Waals surface area contributed by atoms with E-state index in [0.717, 1.165) is 18.2 Å². The number of rotatable bonds is 5. The number of halogens is 2. The first-order valence-corrected chi connectivity index (χ1v) is 9.14. The summed E-state index contributed by atoms with van der Waals surface area (Å²) in [6, 6.07) is 13.5. The Bertz CT molecular complexity index is 1090. The summed E-state index contributed by atoms with van der Waals surface area (Å²) >= 11 is 0. The molecule has 0 aliphatic carbocycles. The molecular formula is C18H13F2N3O3S. The van der Waals surface area contributed by atoms with E-state index in [1.165, 1.54) is 24.3 Å². The zero-order chi connectivity index (χ0) is 19.4. The molecule has 6 nitrogen and oxygen atoms in total. The minimum absolute atomic E-state index is 0.394. The second-order valence-electron chi connectivity index (χ2n) is 5.40. The normalized spacial score (nSPS) is 11.2. The molecule has 27 heavy (non-hydrogen) atoms. The van der Waals surface area contributed by atoms with Gasteiger partial charge in [0.25, 0.3) is 15.9 Å². The summed E-state index contributed by atoms with van der Waals surface area (Å²) in [5.41, 5.74) is 2.47. The number of carbonyl (C=O) groups is 1. The number of benzene rings is 2. The second-order valence-corrected chi connectivity index (χ2v) is 7.05. The number of hydrogen-bond acceptors (Lipinski definition) is 4. The molecule has 0 unspecified atom stereocenters. The average molecular weight is 389 g/mol. The Hall–Kier alpha value is -3.17. The van der Waals surface area contributed by atoms with Crippen LogP contribution >= 0.6 is 0 Å². The summed E-state index contributed by atoms with van der Waals surface area (Å²) in [6.45, 7) is 0. The molecule has 0 aliphatic heterocycles. The SMILES string of the molecule is O=C(NNS(=O)(=O)c1ccccc1F)c1cc(-c2ccccn2)ccc1F. The molecule has 3 rings (SSSR count). The van der Waals surface area contributed by atoms with E-state index >= 15 is 0 Å². The first-order valence-electron chi connectivity index (χ1n) is 7.66. The fourth-order valence-corrected chi connectivity index (χ4v) is 3.21. The fourth-order valence-electron chi connectivity index (χ4n) is 2.29. The van der Waals surface area contributed by atoms with Crippen LogP contribution in [-0.2, 0) is 10.0 Å². The van der Waals surface area contributed by atoms with Crippen LogP contribution in [0.4, 0.5) is 8.78 Å². The van der Waals surface area contributed by atoms with Gasteiger partial charge in [-0.3, -0.25) is 15.2 Å². The minimum atomic E-state index is -4.36. The van der Waals surface area contributed by atoms with Crippen LogP contribution in [0.3, 0.4) is 0 Å². The van der Waals surface area contributed by atoms with Crippen LogP contribution < -0.4 is 10.3 Å². The summed E-state index contributed by atoms with van der Waals surface area (Å²) in [4.78, 5) is 17.4. The maximum absolute atomic E-state index is 14.0. The molecular weight excluding hydrogens is 376 g/mol. The number of carbonyl (C=O) groups excluding carboxylic acids is 1. The standard InChI is InChI=1S/C18H13F2N3O3S/c19-14-9-8-12(16-6-3-4-10-21-16)11-13(14)18(24)22-23-27(25,26)17-7-2-1-5-15(17)20/h1-11,23H,(H,22,24). The Morgan fingerprint density at radius 3 is 2.37 bits per heavy atom. The number of amides is 1. The molecule has 1 heterocycles. The van der Waals surface area contributed by atoms with Crippen LogP contribution in [0.2, 0.25) is 0 Å². The number of hydrazine groups is 1. The molecule has 0 atom stereocenters. The number of pyridine rings is 1. The van der Waals surface area contributed by atoms with E-state index in [1.54, 1.807) is 29.2 Å². The van der Waals surface area contributed by atoms with Gasteiger partial charge in [-0.25, -0.2) is 17.2 Å². The van der Waals surface area contributed by atoms with E-state index in [9.17, 15) is 22.0 Å². The second kappa shape index (κ2) is 7.60. The maximum Gasteiger partial charge on any atom is 0.269 e. The van der Waals surface area contributed by atoms with Crippen molar-refractivity contribution in [2.75, 3.05) is 0 Å². The van der Waals surface area contributed by atoms with E-state index in [0.29, 0.717) is 11.3 Å². The molecule has 0 aliphatic rings. The van der Waals surface area contributed by atoms with Crippen molar-refractivity contribution in [3.05, 3.63) is 84.1 Å². The molecule has 1 aromatic heterocycles. The van der Waals surface area contributed by atoms with Crippen LogP contribution in [0.1, 0.15) is 10.4 Å². The molecule has 0 bridgehead atoms. The predicted molar refractivity (Wildman–Crippen MR) is 93.8 cm³/mol. The number of aromatic nitrogens is 1. The van der Waals surface area contributed by atoms with Crippen molar-refractivity contribution in [1.82, 2.24) is 15.2 Å². The third-order valence-corrected chi connectivity index (χ3v) is 4.88. The number of nitrogens with zero attached hydrogens (tertiary/aromatic N) is 1. The van der Waals surface area contributed by atoms with Gasteiger partial charge in [0.2, 0.25) is 0 Å². The van der Waals surface area contributed by atoms with Crippen molar-refractivity contribution in [2.24, 2.45) is 0 Å². The fraction of sp³-hybridized carbons (Fsp3) is 0. The van der Waals surface area contributed by atoms with Gasteiger partial charge in [0.15, 0.2) is 0 Å². The van der Waals surface area contributed by atoms with Gasteiger partial charge in [0.05, 0.1) is 11.3 Å². The van der Waals surface area contributed by atoms with Gasteiger partial charge in [-0.1, -0.05) is 18.2 Å². The van der Waals surface area contributed by atoms with Crippen LogP contribution in [0.25, 0.3) is 11.3 Å². The summed E-state index contributed by atoms with van der Waals surface area (Å²) in [5, 5.41) is 0. The summed E-state index contributed by atoms with van der Waals surface area (Å²) in [7, 11) is -4.36. The van der Waals surface area contributed by atoms with E-state index in [1.807, 2.05) is 5.43 Å². The van der Waals surface area contributed by atoms with E-state index in [4.69, 9.17) is 0 Å². The largest absolute Gasteiger partial charge is 0.273 e. The van der Waals surface area contributed by atoms with Crippen LogP contribution in [0, 0.1) is 11.6 Å². The van der Waals surface area contributed by atoms with Gasteiger partial charge in [-0.05, 0) is 42.5 Å². The van der Waals surface area contributed by atoms with Crippen molar-refractivity contribution in [3.8, 4) is 11.3 Å². The highest BCUT2D eigenvalue weighted by molar-refractivity contribution is 7.89. The van der Waals surface area contributed by atoms with Crippen molar-refractivity contribution >= 4 is 15.9 Å². The molecule has 138 valence electrons. The van der Waals surface area contributed by atoms with E-state index in [-0.39, 0.29) is 0 Å². The lowest BCUT2D eigenvalue weighted by atomic mass is 10.1. The lowest BCUT2D eigenvalue weighted by molar-refractivity contribution is 0.0941. The molecule has 2 aromatic carbocycles. The third-order valence-electron chi connectivity index (χ3n) is 3.60. The topological polar surface area (TPSA) is 88.2 Å². The summed E-state index contributed by atoms with van der Waals surface area (Å²) in [5.74, 6) is -2.87. The summed E-state index contributed by atoms with van der Waals surface area (Å²) in [6.07, 6.45) is 1.54. The van der Waals surface area contributed by atoms with Crippen LogP contribution in [0.15, 0.2) is 71.8 Å². The highest BCUT2D eigenvalue weighted by Crippen LogP contribution is 2.20. The molecule has 0 spiro atoms. The Balaban J connectivity index is 1.82. The molecule has 0 fully saturated rings. The predicted octanol–water partition coefficient (Wildman–Crippen LogP) is 2.65. The molecule has 1 amide bonds. The van der Waals surface area contributed by atoms with Crippen molar-refractivity contribution < 1.29 is 22.0 Å². The first-order chi connectivity index (χ1) is 12.9. The van der Waals surface area contributed by atoms with Crippen molar-refractivity contribution in [3.63, 3.8) is 0 Å². The monoisotopic (exact) mass is 389 g/mol. The van der Waals surface area contributed by atoms with Crippen LogP contribution in [-0.4, -0.2) is 19.3 Å². The Kier molecular flexibility index (Phi) is 5.24. The quantitative estimate of drug-likeness (QED) is 0.657.